The molecule has 0 aliphatic carbocycles. The zero-order valence-electron chi connectivity index (χ0n) is 13.3. The molecule has 0 aliphatic rings. The topological polar surface area (TPSA) is 15.3 Å². The average molecular weight is 282 g/mol. The fraction of sp³-hybridized carbons (Fsp3) is 0.368. The van der Waals surface area contributed by atoms with E-state index in [2.05, 4.69) is 85.7 Å². The number of hydrogen-bond acceptors (Lipinski definition) is 2. The summed E-state index contributed by atoms with van der Waals surface area (Å²) in [5.74, 6) is 0. The zero-order chi connectivity index (χ0) is 15.1. The Labute approximate surface area is 128 Å². The first-order valence-electron chi connectivity index (χ1n) is 7.77. The summed E-state index contributed by atoms with van der Waals surface area (Å²) in [6, 6.07) is 19.8. The maximum atomic E-state index is 3.66. The Morgan fingerprint density at radius 3 is 2.29 bits per heavy atom. The Bertz CT molecular complexity index is 519. The van der Waals surface area contributed by atoms with Crippen molar-refractivity contribution in [3.05, 3.63) is 65.7 Å². The van der Waals surface area contributed by atoms with E-state index in [1.807, 2.05) is 0 Å². The number of benzene rings is 2. The van der Waals surface area contributed by atoms with Crippen LogP contribution in [0.4, 0.5) is 5.69 Å². The monoisotopic (exact) mass is 282 g/mol. The molecule has 112 valence electrons. The Balaban J connectivity index is 2.10. The highest BCUT2D eigenvalue weighted by Gasteiger charge is 2.13. The molecule has 1 atom stereocenters. The van der Waals surface area contributed by atoms with Crippen molar-refractivity contribution in [2.75, 3.05) is 25.0 Å². The van der Waals surface area contributed by atoms with E-state index in [0.29, 0.717) is 6.04 Å². The van der Waals surface area contributed by atoms with Crippen molar-refractivity contribution in [2.24, 2.45) is 0 Å². The second-order valence-electron chi connectivity index (χ2n) is 5.63. The lowest BCUT2D eigenvalue weighted by molar-refractivity contribution is 0.530. The summed E-state index contributed by atoms with van der Waals surface area (Å²) in [5, 5.41) is 3.66. The van der Waals surface area contributed by atoms with E-state index in [0.717, 1.165) is 19.5 Å². The van der Waals surface area contributed by atoms with Crippen molar-refractivity contribution < 1.29 is 0 Å². The Morgan fingerprint density at radius 2 is 1.67 bits per heavy atom. The van der Waals surface area contributed by atoms with Gasteiger partial charge < -0.3 is 10.2 Å². The summed E-state index contributed by atoms with van der Waals surface area (Å²) in [4.78, 5) is 2.31. The minimum atomic E-state index is 0.357. The molecule has 0 amide bonds. The Hall–Kier alpha value is -1.80. The normalized spacial score (nSPS) is 12.1. The van der Waals surface area contributed by atoms with Crippen molar-refractivity contribution in [2.45, 2.75) is 26.3 Å². The largest absolute Gasteiger partial charge is 0.373 e. The molecule has 0 fully saturated rings. The smallest absolute Gasteiger partial charge is 0.0498 e. The molecular formula is C19H26N2. The predicted molar refractivity (Wildman–Crippen MR) is 91.9 cm³/mol. The number of nitrogens with zero attached hydrogens (tertiary/aromatic N) is 1. The van der Waals surface area contributed by atoms with Crippen LogP contribution in [0.5, 0.6) is 0 Å². The van der Waals surface area contributed by atoms with Crippen molar-refractivity contribution >= 4 is 5.69 Å². The van der Waals surface area contributed by atoms with Crippen molar-refractivity contribution in [1.29, 1.82) is 0 Å². The summed E-state index contributed by atoms with van der Waals surface area (Å²) in [6.45, 7) is 6.35. The van der Waals surface area contributed by atoms with Gasteiger partial charge >= 0.3 is 0 Å². The molecule has 2 aromatic rings. The van der Waals surface area contributed by atoms with Gasteiger partial charge in [-0.1, -0.05) is 55.0 Å². The SMILES string of the molecule is CCCNC(CN(C)c1ccccc1)c1ccc(C)cc1. The lowest BCUT2D eigenvalue weighted by atomic mass is 10.0. The summed E-state index contributed by atoms with van der Waals surface area (Å²) < 4.78 is 0. The maximum absolute atomic E-state index is 3.66. The van der Waals surface area contributed by atoms with Crippen LogP contribution >= 0.6 is 0 Å². The number of nitrogens with one attached hydrogen (secondary N) is 1. The first kappa shape index (κ1) is 15.6. The van der Waals surface area contributed by atoms with Crippen LogP contribution in [0.25, 0.3) is 0 Å². The van der Waals surface area contributed by atoms with Gasteiger partial charge in [-0.2, -0.15) is 0 Å². The van der Waals surface area contributed by atoms with Crippen LogP contribution in [0.2, 0.25) is 0 Å². The van der Waals surface area contributed by atoms with Crippen molar-refractivity contribution in [1.82, 2.24) is 5.32 Å². The Kier molecular flexibility index (Phi) is 5.82. The average Bonchev–Trinajstić information content (AvgIpc) is 2.53. The molecule has 0 spiro atoms. The maximum Gasteiger partial charge on any atom is 0.0498 e. The molecule has 0 saturated carbocycles. The molecule has 2 heteroatoms. The van der Waals surface area contributed by atoms with Gasteiger partial charge in [0, 0.05) is 25.3 Å². The lowest BCUT2D eigenvalue weighted by Crippen LogP contribution is -2.33. The molecule has 2 aromatic carbocycles. The molecule has 2 nitrogen and oxygen atoms in total. The van der Waals surface area contributed by atoms with Crippen LogP contribution in [0.15, 0.2) is 54.6 Å². The van der Waals surface area contributed by atoms with Crippen LogP contribution in [0.3, 0.4) is 0 Å². The molecule has 0 aliphatic heterocycles. The van der Waals surface area contributed by atoms with Crippen LogP contribution in [-0.4, -0.2) is 20.1 Å². The third kappa shape index (κ3) is 4.61. The highest BCUT2D eigenvalue weighted by Crippen LogP contribution is 2.19. The van der Waals surface area contributed by atoms with E-state index < -0.39 is 0 Å². The Morgan fingerprint density at radius 1 is 1.00 bits per heavy atom. The number of anilines is 1. The molecule has 2 rings (SSSR count). The number of hydrogen-bond donors (Lipinski definition) is 1. The highest BCUT2D eigenvalue weighted by atomic mass is 15.1. The van der Waals surface area contributed by atoms with Gasteiger partial charge in [0.1, 0.15) is 0 Å². The third-order valence-electron chi connectivity index (χ3n) is 3.77. The van der Waals surface area contributed by atoms with E-state index in [1.165, 1.54) is 16.8 Å². The third-order valence-corrected chi connectivity index (χ3v) is 3.77. The van der Waals surface area contributed by atoms with Crippen LogP contribution in [0, 0.1) is 6.92 Å². The van der Waals surface area contributed by atoms with E-state index in [-0.39, 0.29) is 0 Å². The first-order valence-corrected chi connectivity index (χ1v) is 7.77. The second-order valence-corrected chi connectivity index (χ2v) is 5.63. The number of rotatable bonds is 7. The van der Waals surface area contributed by atoms with Gasteiger partial charge in [-0.05, 0) is 37.6 Å². The molecule has 21 heavy (non-hydrogen) atoms. The van der Waals surface area contributed by atoms with E-state index in [9.17, 15) is 0 Å². The fourth-order valence-corrected chi connectivity index (χ4v) is 2.47. The summed E-state index contributed by atoms with van der Waals surface area (Å²) >= 11 is 0. The van der Waals surface area contributed by atoms with Crippen LogP contribution in [0.1, 0.15) is 30.5 Å². The van der Waals surface area contributed by atoms with Crippen LogP contribution in [-0.2, 0) is 0 Å². The molecule has 1 N–H and O–H groups in total. The number of aryl methyl sites for hydroxylation is 1. The van der Waals surface area contributed by atoms with Gasteiger partial charge in [0.2, 0.25) is 0 Å². The molecular weight excluding hydrogens is 256 g/mol. The van der Waals surface area contributed by atoms with Gasteiger partial charge in [-0.3, -0.25) is 0 Å². The van der Waals surface area contributed by atoms with Gasteiger partial charge in [-0.25, -0.2) is 0 Å². The molecule has 0 aromatic heterocycles. The van der Waals surface area contributed by atoms with Crippen LogP contribution < -0.4 is 10.2 Å². The van der Waals surface area contributed by atoms with Gasteiger partial charge in [-0.15, -0.1) is 0 Å². The van der Waals surface area contributed by atoms with Gasteiger partial charge in [0.05, 0.1) is 0 Å². The fourth-order valence-electron chi connectivity index (χ4n) is 2.47. The predicted octanol–water partition coefficient (Wildman–Crippen LogP) is 4.17. The number of para-hydroxylation sites is 1. The quantitative estimate of drug-likeness (QED) is 0.820. The molecule has 0 heterocycles. The molecule has 0 saturated heterocycles. The lowest BCUT2D eigenvalue weighted by Gasteiger charge is -2.27. The summed E-state index contributed by atoms with van der Waals surface area (Å²) in [5.41, 5.74) is 3.93. The molecule has 0 radical (unpaired) electrons. The van der Waals surface area contributed by atoms with Gasteiger partial charge in [0.25, 0.3) is 0 Å². The summed E-state index contributed by atoms with van der Waals surface area (Å²) in [7, 11) is 2.16. The molecule has 1 unspecified atom stereocenters. The van der Waals surface area contributed by atoms with E-state index in [4.69, 9.17) is 0 Å². The first-order chi connectivity index (χ1) is 10.2. The zero-order valence-corrected chi connectivity index (χ0v) is 13.3. The highest BCUT2D eigenvalue weighted by molar-refractivity contribution is 5.45. The van der Waals surface area contributed by atoms with Crippen molar-refractivity contribution in [3.8, 4) is 0 Å². The number of likely N-dealkylation sites (N-methyl/N-ethyl adjacent to an activating group) is 1. The molecule has 0 bridgehead atoms. The summed E-state index contributed by atoms with van der Waals surface area (Å²) in [6.07, 6.45) is 1.15. The van der Waals surface area contributed by atoms with E-state index in [1.54, 1.807) is 0 Å². The minimum absolute atomic E-state index is 0.357. The van der Waals surface area contributed by atoms with E-state index >= 15 is 0 Å². The van der Waals surface area contributed by atoms with Gasteiger partial charge in [0.15, 0.2) is 0 Å². The standard InChI is InChI=1S/C19H26N2/c1-4-14-20-19(17-12-10-16(2)11-13-17)15-21(3)18-8-6-5-7-9-18/h5-13,19-20H,4,14-15H2,1-3H3. The van der Waals surface area contributed by atoms with Crippen molar-refractivity contribution in [3.63, 3.8) is 0 Å². The second kappa shape index (κ2) is 7.84. The minimum Gasteiger partial charge on any atom is -0.373 e.